The Morgan fingerprint density at radius 2 is 1.47 bits per heavy atom. The molecule has 0 bridgehead atoms. The van der Waals surface area contributed by atoms with E-state index in [1.807, 2.05) is 54.9 Å². The number of anilines is 1. The van der Waals surface area contributed by atoms with Gasteiger partial charge in [0.2, 0.25) is 0 Å². The van der Waals surface area contributed by atoms with Crippen LogP contribution in [-0.4, -0.2) is 30.4 Å². The third-order valence-electron chi connectivity index (χ3n) is 4.79. The average Bonchev–Trinajstić information content (AvgIpc) is 2.79. The quantitative estimate of drug-likeness (QED) is 0.495. The Hall–Kier alpha value is -3.45. The molecule has 0 fully saturated rings. The Balaban J connectivity index is 1.91. The van der Waals surface area contributed by atoms with Gasteiger partial charge in [-0.25, -0.2) is 4.21 Å². The van der Waals surface area contributed by atoms with Crippen LogP contribution in [0.1, 0.15) is 34.4 Å². The lowest BCUT2D eigenvalue weighted by atomic mass is 9.78. The summed E-state index contributed by atoms with van der Waals surface area (Å²) in [6.07, 6.45) is 12.4. The fraction of sp³-hybridized carbons (Fsp3) is 0.130. The van der Waals surface area contributed by atoms with Crippen molar-refractivity contribution in [3.63, 3.8) is 0 Å². The molecule has 7 heteroatoms. The topological polar surface area (TPSA) is 80.7 Å². The van der Waals surface area contributed by atoms with Crippen LogP contribution in [0.2, 0.25) is 0 Å². The summed E-state index contributed by atoms with van der Waals surface area (Å²) in [5.41, 5.74) is 4.54. The summed E-state index contributed by atoms with van der Waals surface area (Å²) in [6, 6.07) is 17.6. The Morgan fingerprint density at radius 1 is 0.767 bits per heavy atom. The number of aromatic nitrogens is 4. The molecule has 150 valence electrons. The number of nitrogens with zero attached hydrogens (tertiary/aromatic N) is 4. The fourth-order valence-electron chi connectivity index (χ4n) is 3.60. The zero-order valence-electron chi connectivity index (χ0n) is 16.4. The van der Waals surface area contributed by atoms with E-state index in [1.165, 1.54) is 0 Å². The van der Waals surface area contributed by atoms with Gasteiger partial charge in [-0.1, -0.05) is 18.2 Å². The summed E-state index contributed by atoms with van der Waals surface area (Å²) in [5, 5.41) is 0. The Labute approximate surface area is 178 Å². The van der Waals surface area contributed by atoms with Crippen molar-refractivity contribution in [3.05, 3.63) is 114 Å². The molecule has 0 saturated heterocycles. The molecule has 4 heterocycles. The lowest BCUT2D eigenvalue weighted by Crippen LogP contribution is -2.17. The predicted octanol–water partition coefficient (Wildman–Crippen LogP) is 3.94. The lowest BCUT2D eigenvalue weighted by Gasteiger charge is -2.27. The van der Waals surface area contributed by atoms with Crippen LogP contribution in [0.5, 0.6) is 0 Å². The molecule has 0 aliphatic rings. The van der Waals surface area contributed by atoms with Crippen molar-refractivity contribution in [3.8, 4) is 0 Å². The minimum atomic E-state index is -1.18. The molecule has 2 unspecified atom stereocenters. The molecule has 0 radical (unpaired) electrons. The molecule has 2 atom stereocenters. The van der Waals surface area contributed by atoms with E-state index in [-0.39, 0.29) is 11.8 Å². The zero-order chi connectivity index (χ0) is 20.8. The van der Waals surface area contributed by atoms with Crippen molar-refractivity contribution in [2.75, 3.05) is 11.0 Å². The van der Waals surface area contributed by atoms with Crippen LogP contribution in [0.15, 0.2) is 91.8 Å². The molecular weight excluding hydrogens is 394 g/mol. The maximum absolute atomic E-state index is 11.7. The van der Waals surface area contributed by atoms with Gasteiger partial charge in [0.05, 0.1) is 17.3 Å². The van der Waals surface area contributed by atoms with Gasteiger partial charge in [0, 0.05) is 55.0 Å². The van der Waals surface area contributed by atoms with Gasteiger partial charge in [-0.3, -0.25) is 19.9 Å². The normalized spacial score (nSPS) is 13.0. The van der Waals surface area contributed by atoms with Gasteiger partial charge in [0.25, 0.3) is 0 Å². The number of rotatable bonds is 7. The van der Waals surface area contributed by atoms with E-state index < -0.39 is 11.0 Å². The van der Waals surface area contributed by atoms with Gasteiger partial charge in [-0.2, -0.15) is 0 Å². The van der Waals surface area contributed by atoms with E-state index >= 15 is 0 Å². The van der Waals surface area contributed by atoms with Crippen molar-refractivity contribution < 1.29 is 4.21 Å². The number of hydrogen-bond donors (Lipinski definition) is 1. The van der Waals surface area contributed by atoms with Crippen LogP contribution in [0.25, 0.3) is 0 Å². The van der Waals surface area contributed by atoms with E-state index in [1.54, 1.807) is 31.0 Å². The largest absolute Gasteiger partial charge is 0.305 e. The lowest BCUT2D eigenvalue weighted by molar-refractivity contribution is 0.653. The van der Waals surface area contributed by atoms with Crippen LogP contribution in [0.3, 0.4) is 0 Å². The first kappa shape index (κ1) is 19.8. The van der Waals surface area contributed by atoms with E-state index in [2.05, 4.69) is 36.8 Å². The highest BCUT2D eigenvalue weighted by Gasteiger charge is 2.30. The first-order valence-corrected chi connectivity index (χ1v) is 11.0. The molecule has 0 aliphatic heterocycles. The van der Waals surface area contributed by atoms with Gasteiger partial charge in [0.1, 0.15) is 11.0 Å². The summed E-state index contributed by atoms with van der Waals surface area (Å²) < 4.78 is 14.6. The van der Waals surface area contributed by atoms with Crippen LogP contribution < -0.4 is 4.72 Å². The van der Waals surface area contributed by atoms with Crippen molar-refractivity contribution in [1.82, 2.24) is 19.9 Å². The van der Waals surface area contributed by atoms with Crippen molar-refractivity contribution >= 4 is 16.7 Å². The summed E-state index contributed by atoms with van der Waals surface area (Å²) in [7, 11) is -1.18. The molecule has 1 N–H and O–H groups in total. The third-order valence-corrected chi connectivity index (χ3v) is 5.31. The fourth-order valence-corrected chi connectivity index (χ4v) is 4.06. The molecule has 6 nitrogen and oxygen atoms in total. The average molecular weight is 416 g/mol. The highest BCUT2D eigenvalue weighted by atomic mass is 32.2. The first-order chi connectivity index (χ1) is 14.7. The highest BCUT2D eigenvalue weighted by Crippen LogP contribution is 2.41. The van der Waals surface area contributed by atoms with E-state index in [4.69, 9.17) is 0 Å². The maximum Gasteiger partial charge on any atom is 0.113 e. The van der Waals surface area contributed by atoms with Crippen LogP contribution in [-0.2, 0) is 11.0 Å². The summed E-state index contributed by atoms with van der Waals surface area (Å²) >= 11 is 0. The SMILES string of the molecule is CS(=O)Nc1ccnc(C(c2ccccn2)C(c2cccnc2)c2cccnc2)c1. The maximum atomic E-state index is 11.7. The van der Waals surface area contributed by atoms with Crippen molar-refractivity contribution in [1.29, 1.82) is 0 Å². The number of hydrogen-bond acceptors (Lipinski definition) is 5. The van der Waals surface area contributed by atoms with E-state index in [9.17, 15) is 4.21 Å². The molecule has 0 spiro atoms. The summed E-state index contributed by atoms with van der Waals surface area (Å²) in [6.45, 7) is 0. The second-order valence-electron chi connectivity index (χ2n) is 6.81. The van der Waals surface area contributed by atoms with Gasteiger partial charge in [-0.05, 0) is 47.5 Å². The van der Waals surface area contributed by atoms with Gasteiger partial charge < -0.3 is 4.72 Å². The van der Waals surface area contributed by atoms with Crippen molar-refractivity contribution in [2.45, 2.75) is 11.8 Å². The Morgan fingerprint density at radius 3 is 2.03 bits per heavy atom. The molecule has 0 amide bonds. The van der Waals surface area contributed by atoms with Gasteiger partial charge in [0.15, 0.2) is 0 Å². The van der Waals surface area contributed by atoms with Crippen LogP contribution in [0.4, 0.5) is 5.69 Å². The highest BCUT2D eigenvalue weighted by molar-refractivity contribution is 7.85. The van der Waals surface area contributed by atoms with Crippen LogP contribution in [0, 0.1) is 0 Å². The molecule has 4 rings (SSSR count). The molecular formula is C23H21N5OS. The summed E-state index contributed by atoms with van der Waals surface area (Å²) in [4.78, 5) is 18.0. The number of nitrogens with one attached hydrogen (secondary N) is 1. The molecule has 0 aliphatic carbocycles. The molecule has 4 aromatic heterocycles. The minimum Gasteiger partial charge on any atom is -0.305 e. The van der Waals surface area contributed by atoms with Gasteiger partial charge in [-0.15, -0.1) is 0 Å². The standard InChI is InChI=1S/C23H21N5OS/c1-30(29)28-19-9-13-27-21(14-19)23(20-8-2-3-12-26-20)22(17-6-4-10-24-15-17)18-7-5-11-25-16-18/h2-16,22-23H,1H3,(H,27,28). The zero-order valence-corrected chi connectivity index (χ0v) is 17.2. The molecule has 30 heavy (non-hydrogen) atoms. The first-order valence-electron chi connectivity index (χ1n) is 9.49. The second kappa shape index (κ2) is 9.37. The van der Waals surface area contributed by atoms with E-state index in [0.29, 0.717) is 0 Å². The molecule has 0 aromatic carbocycles. The monoisotopic (exact) mass is 415 g/mol. The molecule has 4 aromatic rings. The third kappa shape index (κ3) is 4.58. The smallest absolute Gasteiger partial charge is 0.113 e. The Bertz CT molecular complexity index is 1070. The van der Waals surface area contributed by atoms with E-state index in [0.717, 1.165) is 28.2 Å². The van der Waals surface area contributed by atoms with Gasteiger partial charge >= 0.3 is 0 Å². The van der Waals surface area contributed by atoms with Crippen LogP contribution >= 0.6 is 0 Å². The Kier molecular flexibility index (Phi) is 6.20. The molecule has 0 saturated carbocycles. The second-order valence-corrected chi connectivity index (χ2v) is 7.92. The number of pyridine rings is 4. The summed E-state index contributed by atoms with van der Waals surface area (Å²) in [5.74, 6) is -0.288. The minimum absolute atomic E-state index is 0.0998. The van der Waals surface area contributed by atoms with Crippen molar-refractivity contribution in [2.24, 2.45) is 0 Å². The predicted molar refractivity (Wildman–Crippen MR) is 118 cm³/mol.